The fourth-order valence-corrected chi connectivity index (χ4v) is 8.32. The number of piperidine rings is 3. The third-order valence-corrected chi connectivity index (χ3v) is 11.5. The molecule has 0 radical (unpaired) electrons. The van der Waals surface area contributed by atoms with Gasteiger partial charge in [-0.05, 0) is 116 Å². The maximum absolute atomic E-state index is 13.3. The molecule has 0 aliphatic carbocycles. The van der Waals surface area contributed by atoms with E-state index < -0.39 is 24.2 Å². The number of aromatic hydroxyl groups is 1. The number of hydrogen-bond acceptors (Lipinski definition) is 9. The zero-order valence-electron chi connectivity index (χ0n) is 31.5. The molecule has 4 heterocycles. The van der Waals surface area contributed by atoms with Gasteiger partial charge in [-0.3, -0.25) is 9.69 Å². The molecule has 4 aromatic carbocycles. The van der Waals surface area contributed by atoms with Gasteiger partial charge in [0.15, 0.2) is 0 Å². The number of nitrogens with one attached hydrogen (secondary N) is 3. The number of H-pyrrole nitrogens is 1. The van der Waals surface area contributed by atoms with Gasteiger partial charge < -0.3 is 40.4 Å². The van der Waals surface area contributed by atoms with Gasteiger partial charge in [-0.2, -0.15) is 0 Å². The number of aromatic carboxylic acids is 1. The van der Waals surface area contributed by atoms with Crippen LogP contribution >= 0.6 is 11.6 Å². The second-order valence-electron chi connectivity index (χ2n) is 14.8. The zero-order chi connectivity index (χ0) is 39.9. The summed E-state index contributed by atoms with van der Waals surface area (Å²) in [5.74, 6) is -0.228. The van der Waals surface area contributed by atoms with Crippen molar-refractivity contribution in [3.63, 3.8) is 0 Å². The molecule has 3 fully saturated rings. The maximum atomic E-state index is 13.3. The number of ether oxygens (including phenoxy) is 2. The van der Waals surface area contributed by atoms with Crippen LogP contribution in [0.2, 0.25) is 5.02 Å². The second kappa shape index (κ2) is 18.2. The van der Waals surface area contributed by atoms with Crippen molar-refractivity contribution in [2.24, 2.45) is 5.92 Å². The summed E-state index contributed by atoms with van der Waals surface area (Å²) in [7, 11) is 0. The van der Waals surface area contributed by atoms with Crippen molar-refractivity contribution in [3.05, 3.63) is 140 Å². The van der Waals surface area contributed by atoms with E-state index in [-0.39, 0.29) is 46.7 Å². The first-order chi connectivity index (χ1) is 27.6. The quantitative estimate of drug-likeness (QED) is 0.0589. The Morgan fingerprint density at radius 3 is 2.49 bits per heavy atom. The Balaban J connectivity index is 0.978. The minimum Gasteiger partial charge on any atom is -0.506 e. The average Bonchev–Trinajstić information content (AvgIpc) is 3.22. The monoisotopic (exact) mass is 794 g/mol. The number of amides is 1. The number of carbonyl (C=O) groups is 2. The van der Waals surface area contributed by atoms with Crippen LogP contribution in [-0.4, -0.2) is 76.1 Å². The lowest BCUT2D eigenvalue weighted by Gasteiger charge is -2.43. The van der Waals surface area contributed by atoms with Crippen molar-refractivity contribution < 1.29 is 34.4 Å². The van der Waals surface area contributed by atoms with Gasteiger partial charge in [0.25, 0.3) is 0 Å². The van der Waals surface area contributed by atoms with E-state index in [0.29, 0.717) is 54.0 Å². The smallest absolute Gasteiger partial charge is 0.408 e. The maximum Gasteiger partial charge on any atom is 0.408 e. The number of phenols is 1. The summed E-state index contributed by atoms with van der Waals surface area (Å²) in [4.78, 5) is 42.0. The number of benzene rings is 4. The van der Waals surface area contributed by atoms with Gasteiger partial charge in [-0.15, -0.1) is 0 Å². The first-order valence-electron chi connectivity index (χ1n) is 19.4. The SMILES string of the molecule is O=C(NC(c1ccccc1)c1cccc(OCc2ccc(C(=O)O)c(Cl)c2CCCCNCC(O)c2ccc(O)c3[nH]c(=O)ccc23)c1)OC1CN2CCC1CC2. The molecule has 13 heteroatoms. The lowest BCUT2D eigenvalue weighted by Crippen LogP contribution is -2.52. The molecule has 3 unspecified atom stereocenters. The normalized spacial score (nSPS) is 18.5. The van der Waals surface area contributed by atoms with Crippen LogP contribution in [0, 0.1) is 5.92 Å². The van der Waals surface area contributed by atoms with Gasteiger partial charge in [-0.1, -0.05) is 66.2 Å². The second-order valence-corrected chi connectivity index (χ2v) is 15.1. The topological polar surface area (TPSA) is 173 Å². The molecule has 0 spiro atoms. The number of aromatic amines is 1. The number of aliphatic hydroxyl groups excluding tert-OH is 1. The number of rotatable bonds is 16. The number of carboxylic acid groups (broad SMARTS) is 1. The number of aliphatic hydroxyl groups is 1. The van der Waals surface area contributed by atoms with Crippen LogP contribution in [0.3, 0.4) is 0 Å². The van der Waals surface area contributed by atoms with E-state index in [1.165, 1.54) is 18.2 Å². The molecule has 6 N–H and O–H groups in total. The van der Waals surface area contributed by atoms with Crippen LogP contribution in [0.5, 0.6) is 11.5 Å². The number of fused-ring (bicyclic) bond motifs is 4. The Hall–Kier alpha value is -5.40. The summed E-state index contributed by atoms with van der Waals surface area (Å²) in [6.45, 7) is 3.83. The lowest BCUT2D eigenvalue weighted by molar-refractivity contribution is -0.0336. The van der Waals surface area contributed by atoms with E-state index in [0.717, 1.165) is 49.2 Å². The van der Waals surface area contributed by atoms with E-state index in [2.05, 4.69) is 20.5 Å². The standard InChI is InChI=1S/C44H47ClN4O8/c45-40-32(11-4-5-20-46-24-37(51)33-14-16-36(50)42-34(33)15-17-39(52)47-42)30(12-13-35(40)43(53)54)26-56-31-10-6-9-29(23-31)41(28-7-2-1-3-8-28)48-44(55)57-38-25-49-21-18-27(38)19-22-49/h1-3,6-10,12-17,23,27,37-38,41,46,50-51H,4-5,11,18-22,24-26H2,(H,47,52)(H,48,55)(H,53,54). The third kappa shape index (κ3) is 9.60. The molecule has 12 nitrogen and oxygen atoms in total. The lowest BCUT2D eigenvalue weighted by atomic mass is 9.86. The largest absolute Gasteiger partial charge is 0.506 e. The van der Waals surface area contributed by atoms with Crippen molar-refractivity contribution in [3.8, 4) is 11.5 Å². The van der Waals surface area contributed by atoms with Crippen LogP contribution in [0.15, 0.2) is 95.8 Å². The first-order valence-corrected chi connectivity index (χ1v) is 19.8. The van der Waals surface area contributed by atoms with Gasteiger partial charge in [0.2, 0.25) is 5.56 Å². The summed E-state index contributed by atoms with van der Waals surface area (Å²) in [5.41, 5.74) is 3.68. The molecule has 57 heavy (non-hydrogen) atoms. The molecule has 5 aromatic rings. The number of halogens is 1. The number of unbranched alkanes of at least 4 members (excludes halogenated alkanes) is 1. The van der Waals surface area contributed by atoms with Crippen molar-refractivity contribution in [1.82, 2.24) is 20.5 Å². The van der Waals surface area contributed by atoms with E-state index in [1.54, 1.807) is 18.2 Å². The van der Waals surface area contributed by atoms with Gasteiger partial charge >= 0.3 is 12.1 Å². The van der Waals surface area contributed by atoms with Crippen LogP contribution in [-0.2, 0) is 17.8 Å². The third-order valence-electron chi connectivity index (χ3n) is 11.0. The molecule has 8 rings (SSSR count). The molecule has 3 aliphatic rings. The number of phenolic OH excluding ortho intramolecular Hbond substituents is 1. The zero-order valence-corrected chi connectivity index (χ0v) is 32.2. The Bertz CT molecular complexity index is 2260. The number of carboxylic acids is 1. The minimum absolute atomic E-state index is 0.0167. The molecule has 2 bridgehead atoms. The van der Waals surface area contributed by atoms with E-state index in [1.807, 2.05) is 54.6 Å². The van der Waals surface area contributed by atoms with Crippen molar-refractivity contribution in [1.29, 1.82) is 0 Å². The predicted octanol–water partition coefficient (Wildman–Crippen LogP) is 6.72. The molecular weight excluding hydrogens is 748 g/mol. The summed E-state index contributed by atoms with van der Waals surface area (Å²) in [5, 5.41) is 38.0. The summed E-state index contributed by atoms with van der Waals surface area (Å²) in [6, 6.07) is 26.0. The summed E-state index contributed by atoms with van der Waals surface area (Å²) >= 11 is 6.70. The molecule has 1 aromatic heterocycles. The Kier molecular flexibility index (Phi) is 12.7. The minimum atomic E-state index is -1.12. The van der Waals surface area contributed by atoms with Crippen LogP contribution in [0.1, 0.15) is 76.0 Å². The Morgan fingerprint density at radius 1 is 0.947 bits per heavy atom. The highest BCUT2D eigenvalue weighted by Crippen LogP contribution is 2.33. The van der Waals surface area contributed by atoms with Crippen molar-refractivity contribution in [2.75, 3.05) is 32.7 Å². The molecule has 0 saturated carbocycles. The van der Waals surface area contributed by atoms with E-state index in [9.17, 15) is 29.7 Å². The Morgan fingerprint density at radius 2 is 1.74 bits per heavy atom. The molecule has 298 valence electrons. The average molecular weight is 795 g/mol. The number of hydrogen-bond donors (Lipinski definition) is 6. The first kappa shape index (κ1) is 39.8. The highest BCUT2D eigenvalue weighted by atomic mass is 35.5. The Labute approximate surface area is 335 Å². The van der Waals surface area contributed by atoms with Gasteiger partial charge in [0.1, 0.15) is 24.2 Å². The van der Waals surface area contributed by atoms with Crippen LogP contribution in [0.4, 0.5) is 4.79 Å². The van der Waals surface area contributed by atoms with Gasteiger partial charge in [0, 0.05) is 24.5 Å². The number of pyridine rings is 1. The fourth-order valence-electron chi connectivity index (χ4n) is 7.97. The summed E-state index contributed by atoms with van der Waals surface area (Å²) in [6.07, 6.45) is 2.51. The van der Waals surface area contributed by atoms with Gasteiger partial charge in [-0.25, -0.2) is 9.59 Å². The van der Waals surface area contributed by atoms with Gasteiger partial charge in [0.05, 0.1) is 28.2 Å². The van der Waals surface area contributed by atoms with E-state index in [4.69, 9.17) is 21.1 Å². The van der Waals surface area contributed by atoms with Crippen molar-refractivity contribution >= 4 is 34.6 Å². The molecule has 3 aliphatic heterocycles. The molecule has 3 atom stereocenters. The summed E-state index contributed by atoms with van der Waals surface area (Å²) < 4.78 is 12.3. The number of alkyl carbamates (subject to hydrolysis) is 1. The number of nitrogens with zero attached hydrogens (tertiary/aromatic N) is 1. The fraction of sp³-hybridized carbons (Fsp3) is 0.341. The predicted molar refractivity (Wildman–Crippen MR) is 217 cm³/mol. The number of carbonyl (C=O) groups excluding carboxylic acids is 1. The van der Waals surface area contributed by atoms with Crippen LogP contribution < -0.4 is 20.9 Å². The molecule has 1 amide bonds. The van der Waals surface area contributed by atoms with Crippen molar-refractivity contribution in [2.45, 2.75) is 57.0 Å². The number of aromatic nitrogens is 1. The highest BCUT2D eigenvalue weighted by molar-refractivity contribution is 6.34. The molecule has 3 saturated heterocycles. The van der Waals surface area contributed by atoms with E-state index >= 15 is 0 Å². The molecular formula is C44H47ClN4O8. The highest BCUT2D eigenvalue weighted by Gasteiger charge is 2.37. The van der Waals surface area contributed by atoms with Crippen LogP contribution in [0.25, 0.3) is 10.9 Å².